The Hall–Kier alpha value is -1.82. The lowest BCUT2D eigenvalue weighted by atomic mass is 10.4. The van der Waals surface area contributed by atoms with E-state index in [4.69, 9.17) is 0 Å². The fraction of sp³-hybridized carbons (Fsp3) is 0.308. The summed E-state index contributed by atoms with van der Waals surface area (Å²) >= 11 is 1.46. The molecule has 0 aromatic carbocycles. The molecule has 100 valence electrons. The molecule has 2 rings (SSSR count). The number of carbonyl (C=O) groups is 1. The predicted molar refractivity (Wildman–Crippen MR) is 74.8 cm³/mol. The lowest BCUT2D eigenvalue weighted by Gasteiger charge is -2.11. The van der Waals surface area contributed by atoms with Crippen LogP contribution in [0.25, 0.3) is 0 Å². The van der Waals surface area contributed by atoms with Gasteiger partial charge in [0, 0.05) is 31.7 Å². The first-order valence-corrected chi connectivity index (χ1v) is 6.95. The third-order valence-corrected chi connectivity index (χ3v) is 3.58. The van der Waals surface area contributed by atoms with Crippen LogP contribution in [-0.4, -0.2) is 32.2 Å². The molecule has 6 heteroatoms. The van der Waals surface area contributed by atoms with Crippen molar-refractivity contribution < 1.29 is 4.79 Å². The van der Waals surface area contributed by atoms with Gasteiger partial charge in [-0.15, -0.1) is 0 Å². The molecule has 0 saturated carbocycles. The van der Waals surface area contributed by atoms with Gasteiger partial charge in [0.15, 0.2) is 0 Å². The van der Waals surface area contributed by atoms with Crippen molar-refractivity contribution in [2.45, 2.75) is 23.7 Å². The van der Waals surface area contributed by atoms with E-state index in [1.54, 1.807) is 18.7 Å². The number of hydrogen-bond donors (Lipinski definition) is 1. The van der Waals surface area contributed by atoms with Crippen molar-refractivity contribution in [3.63, 3.8) is 0 Å². The van der Waals surface area contributed by atoms with Crippen LogP contribution >= 0.6 is 11.8 Å². The fourth-order valence-electron chi connectivity index (χ4n) is 1.52. The summed E-state index contributed by atoms with van der Waals surface area (Å²) in [6.45, 7) is 3.21. The molecule has 19 heavy (non-hydrogen) atoms. The standard InChI is InChI=1S/C13H16N4OS/c1-11(19-12-4-2-3-5-15-12)13(18)16-7-9-17-8-6-14-10-17/h2-6,8,10-11H,7,9H2,1H3,(H,16,18)/t11-/m1/s1. The maximum atomic E-state index is 11.9. The largest absolute Gasteiger partial charge is 0.353 e. The minimum atomic E-state index is -0.155. The number of amides is 1. The quantitative estimate of drug-likeness (QED) is 0.814. The number of rotatable bonds is 6. The highest BCUT2D eigenvalue weighted by Crippen LogP contribution is 2.20. The van der Waals surface area contributed by atoms with Crippen molar-refractivity contribution in [3.8, 4) is 0 Å². The van der Waals surface area contributed by atoms with Gasteiger partial charge in [-0.05, 0) is 19.1 Å². The zero-order valence-electron chi connectivity index (χ0n) is 10.7. The highest BCUT2D eigenvalue weighted by Gasteiger charge is 2.14. The van der Waals surface area contributed by atoms with E-state index in [2.05, 4.69) is 15.3 Å². The van der Waals surface area contributed by atoms with E-state index in [1.165, 1.54) is 11.8 Å². The number of pyridine rings is 1. The molecule has 2 heterocycles. The van der Waals surface area contributed by atoms with Gasteiger partial charge in [0.2, 0.25) is 5.91 Å². The molecule has 0 spiro atoms. The van der Waals surface area contributed by atoms with Gasteiger partial charge in [-0.3, -0.25) is 4.79 Å². The van der Waals surface area contributed by atoms with Gasteiger partial charge < -0.3 is 9.88 Å². The summed E-state index contributed by atoms with van der Waals surface area (Å²) in [6, 6.07) is 5.68. The molecule has 0 aliphatic carbocycles. The lowest BCUT2D eigenvalue weighted by Crippen LogP contribution is -2.33. The summed E-state index contributed by atoms with van der Waals surface area (Å²) in [4.78, 5) is 20.0. The van der Waals surface area contributed by atoms with Crippen LogP contribution in [0.1, 0.15) is 6.92 Å². The Balaban J connectivity index is 1.73. The van der Waals surface area contributed by atoms with Crippen molar-refractivity contribution in [1.82, 2.24) is 19.9 Å². The number of hydrogen-bond acceptors (Lipinski definition) is 4. The van der Waals surface area contributed by atoms with Crippen LogP contribution in [0.2, 0.25) is 0 Å². The highest BCUT2D eigenvalue weighted by molar-refractivity contribution is 8.00. The molecular formula is C13H16N4OS. The molecule has 0 bridgehead atoms. The summed E-state index contributed by atoms with van der Waals surface area (Å²) in [6.07, 6.45) is 7.06. The summed E-state index contributed by atoms with van der Waals surface area (Å²) in [5, 5.41) is 3.61. The SMILES string of the molecule is C[C@@H](Sc1ccccn1)C(=O)NCCn1ccnc1. The number of thioether (sulfide) groups is 1. The van der Waals surface area contributed by atoms with Crippen LogP contribution in [0, 0.1) is 0 Å². The van der Waals surface area contributed by atoms with E-state index >= 15 is 0 Å². The van der Waals surface area contributed by atoms with Gasteiger partial charge in [0.25, 0.3) is 0 Å². The molecule has 0 aliphatic rings. The summed E-state index contributed by atoms with van der Waals surface area (Å²) in [5.41, 5.74) is 0. The second-order valence-electron chi connectivity index (χ2n) is 4.02. The van der Waals surface area contributed by atoms with Crippen LogP contribution in [0.4, 0.5) is 0 Å². The maximum Gasteiger partial charge on any atom is 0.233 e. The van der Waals surface area contributed by atoms with Crippen LogP contribution in [0.3, 0.4) is 0 Å². The first-order chi connectivity index (χ1) is 9.25. The molecule has 0 saturated heterocycles. The number of imidazole rings is 1. The van der Waals surface area contributed by atoms with E-state index < -0.39 is 0 Å². The number of carbonyl (C=O) groups excluding carboxylic acids is 1. The Kier molecular flexibility index (Phi) is 4.97. The van der Waals surface area contributed by atoms with Gasteiger partial charge in [-0.25, -0.2) is 9.97 Å². The average molecular weight is 276 g/mol. The topological polar surface area (TPSA) is 59.8 Å². The minimum Gasteiger partial charge on any atom is -0.353 e. The number of aromatic nitrogens is 3. The Morgan fingerprint density at radius 2 is 2.37 bits per heavy atom. The van der Waals surface area contributed by atoms with Crippen LogP contribution < -0.4 is 5.32 Å². The number of nitrogens with zero attached hydrogens (tertiary/aromatic N) is 3. The highest BCUT2D eigenvalue weighted by atomic mass is 32.2. The first kappa shape index (κ1) is 13.6. The lowest BCUT2D eigenvalue weighted by molar-refractivity contribution is -0.120. The van der Waals surface area contributed by atoms with E-state index in [9.17, 15) is 4.79 Å². The van der Waals surface area contributed by atoms with E-state index in [0.29, 0.717) is 6.54 Å². The summed E-state index contributed by atoms with van der Waals surface area (Å²) in [7, 11) is 0. The minimum absolute atomic E-state index is 0.0239. The van der Waals surface area contributed by atoms with Crippen LogP contribution in [0.5, 0.6) is 0 Å². The normalized spacial score (nSPS) is 12.1. The molecular weight excluding hydrogens is 260 g/mol. The van der Waals surface area contributed by atoms with E-state index in [1.807, 2.05) is 35.9 Å². The molecule has 0 unspecified atom stereocenters. The molecule has 2 aromatic heterocycles. The second-order valence-corrected chi connectivity index (χ2v) is 5.38. The molecule has 5 nitrogen and oxygen atoms in total. The average Bonchev–Trinajstić information content (AvgIpc) is 2.93. The third-order valence-electron chi connectivity index (χ3n) is 2.53. The van der Waals surface area contributed by atoms with Gasteiger partial charge in [0.05, 0.1) is 16.6 Å². The van der Waals surface area contributed by atoms with Crippen molar-refractivity contribution >= 4 is 17.7 Å². The summed E-state index contributed by atoms with van der Waals surface area (Å²) < 4.78 is 1.93. The molecule has 1 atom stereocenters. The van der Waals surface area contributed by atoms with Gasteiger partial charge in [0.1, 0.15) is 0 Å². The smallest absolute Gasteiger partial charge is 0.233 e. The maximum absolute atomic E-state index is 11.9. The van der Waals surface area contributed by atoms with Crippen LogP contribution in [-0.2, 0) is 11.3 Å². The van der Waals surface area contributed by atoms with Gasteiger partial charge in [-0.2, -0.15) is 0 Å². The molecule has 0 aliphatic heterocycles. The third kappa shape index (κ3) is 4.40. The second kappa shape index (κ2) is 6.94. The van der Waals surface area contributed by atoms with E-state index in [-0.39, 0.29) is 11.2 Å². The number of nitrogens with one attached hydrogen (secondary N) is 1. The molecule has 0 radical (unpaired) electrons. The Morgan fingerprint density at radius 1 is 1.47 bits per heavy atom. The molecule has 2 aromatic rings. The predicted octanol–water partition coefficient (Wildman–Crippen LogP) is 1.58. The van der Waals surface area contributed by atoms with Crippen molar-refractivity contribution in [1.29, 1.82) is 0 Å². The van der Waals surface area contributed by atoms with E-state index in [0.717, 1.165) is 11.6 Å². The zero-order valence-corrected chi connectivity index (χ0v) is 11.5. The Morgan fingerprint density at radius 3 is 3.05 bits per heavy atom. The zero-order chi connectivity index (χ0) is 13.5. The Labute approximate surface area is 116 Å². The molecule has 1 amide bonds. The fourth-order valence-corrected chi connectivity index (χ4v) is 2.35. The van der Waals surface area contributed by atoms with Gasteiger partial charge >= 0.3 is 0 Å². The van der Waals surface area contributed by atoms with Crippen molar-refractivity contribution in [2.24, 2.45) is 0 Å². The van der Waals surface area contributed by atoms with Crippen LogP contribution in [0.15, 0.2) is 48.1 Å². The molecule has 0 fully saturated rings. The Bertz CT molecular complexity index is 501. The van der Waals surface area contributed by atoms with Crippen molar-refractivity contribution in [3.05, 3.63) is 43.1 Å². The van der Waals surface area contributed by atoms with Gasteiger partial charge in [-0.1, -0.05) is 17.8 Å². The molecule has 1 N–H and O–H groups in total. The summed E-state index contributed by atoms with van der Waals surface area (Å²) in [5.74, 6) is 0.0239. The monoisotopic (exact) mass is 276 g/mol. The van der Waals surface area contributed by atoms with Crippen molar-refractivity contribution in [2.75, 3.05) is 6.54 Å². The first-order valence-electron chi connectivity index (χ1n) is 6.07.